The number of aromatic amines is 1. The van der Waals surface area contributed by atoms with Crippen LogP contribution in [0.3, 0.4) is 0 Å². The third-order valence-electron chi connectivity index (χ3n) is 4.48. The number of aliphatic hydroxyl groups excluding tert-OH is 2. The Morgan fingerprint density at radius 1 is 1.32 bits per heavy atom. The lowest BCUT2D eigenvalue weighted by Crippen LogP contribution is -2.35. The first kappa shape index (κ1) is 20.2. The predicted molar refractivity (Wildman–Crippen MR) is 101 cm³/mol. The van der Waals surface area contributed by atoms with Crippen molar-refractivity contribution in [2.45, 2.75) is 57.1 Å². The van der Waals surface area contributed by atoms with Gasteiger partial charge in [0.1, 0.15) is 18.3 Å². The van der Waals surface area contributed by atoms with E-state index in [1.54, 1.807) is 0 Å². The van der Waals surface area contributed by atoms with Crippen LogP contribution >= 0.6 is 6.89 Å². The highest BCUT2D eigenvalue weighted by Gasteiger charge is 2.44. The van der Waals surface area contributed by atoms with Gasteiger partial charge in [0, 0.05) is 12.7 Å². The predicted octanol–water partition coefficient (Wildman–Crippen LogP) is 0.598. The summed E-state index contributed by atoms with van der Waals surface area (Å²) in [5.41, 5.74) is -0.886. The largest absolute Gasteiger partial charge is 0.388 e. The third kappa shape index (κ3) is 4.94. The first-order valence-electron chi connectivity index (χ1n) is 8.66. The number of aryl methyl sites for hydroxylation is 1. The third-order valence-corrected chi connectivity index (χ3v) is 5.95. The average Bonchev–Trinajstić information content (AvgIpc) is 2.80. The van der Waals surface area contributed by atoms with Crippen molar-refractivity contribution < 1.29 is 14.9 Å². The molecule has 2 heterocycles. The van der Waals surface area contributed by atoms with E-state index in [2.05, 4.69) is 24.6 Å². The number of nitrogens with zero attached hydrogens (tertiary/aromatic N) is 1. The Kier molecular flexibility index (Phi) is 6.49. The minimum absolute atomic E-state index is 0.174. The number of aliphatic hydroxyl groups is 2. The van der Waals surface area contributed by atoms with E-state index < -0.39 is 42.6 Å². The van der Waals surface area contributed by atoms with Gasteiger partial charge in [0.05, 0.1) is 11.7 Å². The van der Waals surface area contributed by atoms with Crippen LogP contribution in [0.4, 0.5) is 0 Å². The Balaban J connectivity index is 2.24. The van der Waals surface area contributed by atoms with Crippen molar-refractivity contribution in [2.24, 2.45) is 0 Å². The van der Waals surface area contributed by atoms with E-state index in [0.29, 0.717) is 13.0 Å². The lowest BCUT2D eigenvalue weighted by molar-refractivity contribution is 0.00493. The Bertz CT molecular complexity index is 750. The van der Waals surface area contributed by atoms with Crippen LogP contribution in [0.1, 0.15) is 37.9 Å². The van der Waals surface area contributed by atoms with Gasteiger partial charge in [-0.15, -0.1) is 13.2 Å². The number of H-pyrrole nitrogens is 1. The lowest BCUT2D eigenvalue weighted by atomic mass is 10.0. The second kappa shape index (κ2) is 8.04. The number of hydrogen-bond donors (Lipinski definition) is 3. The molecule has 25 heavy (non-hydrogen) atoms. The Hall–Kier alpha value is -1.14. The standard InChI is InChI=1S/C17H29N2O5P/c1-5-6-8-19-10-11(16(22)18-17(19)23)15-14(21)13(20)12(24-15)7-9-25(2,3)4/h10,12-15,20-21H,2,5-9H2,1,3-4H3,(H,18,22,23)/t12?,13-,14-,15?/m1/s1. The van der Waals surface area contributed by atoms with E-state index in [-0.39, 0.29) is 5.56 Å². The van der Waals surface area contributed by atoms with Gasteiger partial charge in [-0.2, -0.15) is 0 Å². The molecule has 7 nitrogen and oxygen atoms in total. The van der Waals surface area contributed by atoms with Crippen LogP contribution < -0.4 is 11.2 Å². The first-order chi connectivity index (χ1) is 11.6. The highest BCUT2D eigenvalue weighted by molar-refractivity contribution is 7.72. The van der Waals surface area contributed by atoms with E-state index in [4.69, 9.17) is 4.74 Å². The summed E-state index contributed by atoms with van der Waals surface area (Å²) in [6, 6.07) is 0. The molecule has 1 aromatic heterocycles. The molecule has 1 aromatic rings. The molecule has 0 spiro atoms. The zero-order chi connectivity index (χ0) is 18.8. The number of aromatic nitrogens is 2. The monoisotopic (exact) mass is 372 g/mol. The highest BCUT2D eigenvalue weighted by atomic mass is 31.2. The summed E-state index contributed by atoms with van der Waals surface area (Å²) in [4.78, 5) is 26.3. The van der Waals surface area contributed by atoms with Gasteiger partial charge in [0.25, 0.3) is 5.56 Å². The molecule has 0 bridgehead atoms. The van der Waals surface area contributed by atoms with Gasteiger partial charge in [-0.1, -0.05) is 13.3 Å². The summed E-state index contributed by atoms with van der Waals surface area (Å²) in [6.45, 7) is 5.40. The van der Waals surface area contributed by atoms with Crippen molar-refractivity contribution in [1.29, 1.82) is 0 Å². The normalized spacial score (nSPS) is 26.9. The van der Waals surface area contributed by atoms with Gasteiger partial charge in [0.15, 0.2) is 0 Å². The van der Waals surface area contributed by atoms with Crippen molar-refractivity contribution in [1.82, 2.24) is 9.55 Å². The van der Waals surface area contributed by atoms with E-state index in [1.807, 2.05) is 6.92 Å². The van der Waals surface area contributed by atoms with Crippen molar-refractivity contribution in [2.75, 3.05) is 19.5 Å². The second-order valence-electron chi connectivity index (χ2n) is 7.41. The second-order valence-corrected chi connectivity index (χ2v) is 11.7. The number of unbranched alkanes of at least 4 members (excludes halogenated alkanes) is 1. The number of rotatable bonds is 7. The minimum Gasteiger partial charge on any atom is -0.388 e. The molecule has 1 aliphatic heterocycles. The quantitative estimate of drug-likeness (QED) is 0.608. The maximum Gasteiger partial charge on any atom is 0.328 e. The van der Waals surface area contributed by atoms with E-state index in [1.165, 1.54) is 10.8 Å². The minimum atomic E-state index is -1.28. The van der Waals surface area contributed by atoms with E-state index in [9.17, 15) is 19.8 Å². The maximum atomic E-state index is 12.2. The topological polar surface area (TPSA) is 105 Å². The van der Waals surface area contributed by atoms with Crippen LogP contribution in [0.2, 0.25) is 0 Å². The molecule has 1 saturated heterocycles. The van der Waals surface area contributed by atoms with Gasteiger partial charge >= 0.3 is 5.69 Å². The molecule has 1 aliphatic rings. The summed E-state index contributed by atoms with van der Waals surface area (Å²) in [5, 5.41) is 20.6. The molecule has 8 heteroatoms. The van der Waals surface area contributed by atoms with Crippen LogP contribution in [0, 0.1) is 0 Å². The van der Waals surface area contributed by atoms with Gasteiger partial charge in [-0.25, -0.2) is 4.79 Å². The summed E-state index contributed by atoms with van der Waals surface area (Å²) in [7, 11) is 0. The summed E-state index contributed by atoms with van der Waals surface area (Å²) >= 11 is 0. The van der Waals surface area contributed by atoms with Crippen molar-refractivity contribution in [3.8, 4) is 0 Å². The van der Waals surface area contributed by atoms with Crippen LogP contribution in [0.5, 0.6) is 0 Å². The molecule has 0 aliphatic carbocycles. The molecule has 0 aromatic carbocycles. The molecule has 0 amide bonds. The van der Waals surface area contributed by atoms with Crippen LogP contribution in [-0.4, -0.2) is 63.9 Å². The molecule has 2 rings (SSSR count). The average molecular weight is 372 g/mol. The number of hydrogen-bond acceptors (Lipinski definition) is 5. The molecular weight excluding hydrogens is 343 g/mol. The number of ether oxygens (including phenoxy) is 1. The fourth-order valence-electron chi connectivity index (χ4n) is 2.94. The highest BCUT2D eigenvalue weighted by Crippen LogP contribution is 2.40. The Labute approximate surface area is 147 Å². The molecular formula is C17H29N2O5P. The van der Waals surface area contributed by atoms with Gasteiger partial charge in [-0.3, -0.25) is 9.78 Å². The zero-order valence-corrected chi connectivity index (χ0v) is 16.0. The molecule has 2 unspecified atom stereocenters. The SMILES string of the molecule is C=P(C)(C)CCC1OC(c2cn(CCCC)c(=O)[nH]c2=O)[C@H](O)[C@@H]1O. The van der Waals surface area contributed by atoms with Crippen LogP contribution in [-0.2, 0) is 11.3 Å². The lowest BCUT2D eigenvalue weighted by Gasteiger charge is -2.18. The van der Waals surface area contributed by atoms with Crippen LogP contribution in [0.15, 0.2) is 15.8 Å². The summed E-state index contributed by atoms with van der Waals surface area (Å²) in [6.07, 6.45) is 4.93. The smallest absolute Gasteiger partial charge is 0.328 e. The molecule has 4 atom stereocenters. The van der Waals surface area contributed by atoms with Crippen molar-refractivity contribution in [3.63, 3.8) is 0 Å². The molecule has 3 N–H and O–H groups in total. The summed E-state index contributed by atoms with van der Waals surface area (Å²) < 4.78 is 7.22. The fourth-order valence-corrected chi connectivity index (χ4v) is 3.90. The molecule has 1 fully saturated rings. The van der Waals surface area contributed by atoms with Crippen molar-refractivity contribution >= 4 is 13.2 Å². The zero-order valence-electron chi connectivity index (χ0n) is 15.1. The molecule has 142 valence electrons. The molecule has 0 radical (unpaired) electrons. The molecule has 0 saturated carbocycles. The van der Waals surface area contributed by atoms with E-state index in [0.717, 1.165) is 19.0 Å². The Morgan fingerprint density at radius 3 is 2.60 bits per heavy atom. The van der Waals surface area contributed by atoms with Crippen molar-refractivity contribution in [3.05, 3.63) is 32.6 Å². The maximum absolute atomic E-state index is 12.2. The van der Waals surface area contributed by atoms with E-state index >= 15 is 0 Å². The fraction of sp³-hybridized carbons (Fsp3) is 0.706. The van der Waals surface area contributed by atoms with Gasteiger partial charge in [-0.05, 0) is 32.3 Å². The van der Waals surface area contributed by atoms with Crippen LogP contribution in [0.25, 0.3) is 0 Å². The summed E-state index contributed by atoms with van der Waals surface area (Å²) in [5.74, 6) is 0. The number of nitrogens with one attached hydrogen (secondary N) is 1. The Morgan fingerprint density at radius 2 is 2.00 bits per heavy atom. The van der Waals surface area contributed by atoms with Gasteiger partial charge in [0.2, 0.25) is 0 Å². The first-order valence-corrected chi connectivity index (χ1v) is 11.7. The van der Waals surface area contributed by atoms with Gasteiger partial charge < -0.3 is 19.5 Å².